The third kappa shape index (κ3) is 3.02. The van der Waals surface area contributed by atoms with E-state index in [1.54, 1.807) is 0 Å². The summed E-state index contributed by atoms with van der Waals surface area (Å²) in [7, 11) is 0. The number of nitrogens with one attached hydrogen (secondary N) is 1. The van der Waals surface area contributed by atoms with E-state index >= 15 is 0 Å². The van der Waals surface area contributed by atoms with Gasteiger partial charge in [0.25, 0.3) is 0 Å². The van der Waals surface area contributed by atoms with Crippen molar-refractivity contribution in [2.24, 2.45) is 5.92 Å². The van der Waals surface area contributed by atoms with Crippen molar-refractivity contribution in [3.05, 3.63) is 23.9 Å². The van der Waals surface area contributed by atoms with Gasteiger partial charge in [0.1, 0.15) is 5.82 Å². The molecule has 0 radical (unpaired) electrons. The Morgan fingerprint density at radius 3 is 3.07 bits per heavy atom. The largest absolute Gasteiger partial charge is 0.370 e. The molecular formula is C12H18N2. The van der Waals surface area contributed by atoms with Gasteiger partial charge >= 0.3 is 0 Å². The molecule has 76 valence electrons. The smallest absolute Gasteiger partial charge is 0.126 e. The molecule has 0 saturated heterocycles. The molecule has 2 heteroatoms. The summed E-state index contributed by atoms with van der Waals surface area (Å²) in [6, 6.07) is 4.12. The molecule has 2 rings (SSSR count). The third-order valence-corrected chi connectivity index (χ3v) is 2.71. The summed E-state index contributed by atoms with van der Waals surface area (Å²) in [5.41, 5.74) is 1.27. The highest BCUT2D eigenvalue weighted by atomic mass is 15.0. The first-order valence-corrected chi connectivity index (χ1v) is 5.51. The Morgan fingerprint density at radius 2 is 2.36 bits per heavy atom. The quantitative estimate of drug-likeness (QED) is 0.722. The van der Waals surface area contributed by atoms with Gasteiger partial charge in [-0.2, -0.15) is 0 Å². The van der Waals surface area contributed by atoms with Crippen molar-refractivity contribution in [2.45, 2.75) is 32.6 Å². The Kier molecular flexibility index (Phi) is 3.02. The normalized spacial score (nSPS) is 15.5. The summed E-state index contributed by atoms with van der Waals surface area (Å²) in [5, 5.41) is 3.36. The van der Waals surface area contributed by atoms with Crippen LogP contribution in [-0.2, 0) is 0 Å². The molecule has 1 saturated carbocycles. The number of aryl methyl sites for hydroxylation is 1. The Morgan fingerprint density at radius 1 is 1.50 bits per heavy atom. The number of hydrogen-bond donors (Lipinski definition) is 1. The van der Waals surface area contributed by atoms with Gasteiger partial charge in [0.15, 0.2) is 0 Å². The van der Waals surface area contributed by atoms with E-state index in [4.69, 9.17) is 0 Å². The van der Waals surface area contributed by atoms with Crippen LogP contribution in [0.4, 0.5) is 5.82 Å². The van der Waals surface area contributed by atoms with E-state index in [9.17, 15) is 0 Å². The van der Waals surface area contributed by atoms with Crippen LogP contribution in [0.1, 0.15) is 31.2 Å². The molecule has 14 heavy (non-hydrogen) atoms. The van der Waals surface area contributed by atoms with Crippen molar-refractivity contribution in [2.75, 3.05) is 11.9 Å². The standard InChI is InChI=1S/C12H18N2/c1-10-6-8-14-12(9-10)13-7-2-3-11-4-5-11/h6,8-9,11H,2-5,7H2,1H3,(H,13,14). The van der Waals surface area contributed by atoms with Crippen molar-refractivity contribution in [3.63, 3.8) is 0 Å². The molecule has 2 nitrogen and oxygen atoms in total. The van der Waals surface area contributed by atoms with Gasteiger partial charge in [-0.1, -0.05) is 12.8 Å². The molecule has 1 heterocycles. The molecule has 1 aromatic heterocycles. The molecule has 1 aromatic rings. The first-order chi connectivity index (χ1) is 6.84. The second-order valence-corrected chi connectivity index (χ2v) is 4.23. The van der Waals surface area contributed by atoms with Crippen LogP contribution in [0.25, 0.3) is 0 Å². The van der Waals surface area contributed by atoms with Crippen LogP contribution in [0.3, 0.4) is 0 Å². The molecule has 0 unspecified atom stereocenters. The average Bonchev–Trinajstić information content (AvgIpc) is 2.96. The highest BCUT2D eigenvalue weighted by Gasteiger charge is 2.19. The van der Waals surface area contributed by atoms with E-state index in [1.165, 1.54) is 31.2 Å². The van der Waals surface area contributed by atoms with Gasteiger partial charge < -0.3 is 5.32 Å². The maximum atomic E-state index is 4.26. The summed E-state index contributed by atoms with van der Waals surface area (Å²) < 4.78 is 0. The Labute approximate surface area is 85.7 Å². The number of nitrogens with zero attached hydrogens (tertiary/aromatic N) is 1. The van der Waals surface area contributed by atoms with Crippen molar-refractivity contribution >= 4 is 5.82 Å². The lowest BCUT2D eigenvalue weighted by atomic mass is 10.2. The van der Waals surface area contributed by atoms with E-state index in [-0.39, 0.29) is 0 Å². The molecule has 1 fully saturated rings. The van der Waals surface area contributed by atoms with Crippen LogP contribution < -0.4 is 5.32 Å². The number of anilines is 1. The van der Waals surface area contributed by atoms with Crippen molar-refractivity contribution in [1.82, 2.24) is 4.98 Å². The van der Waals surface area contributed by atoms with Crippen molar-refractivity contribution in [3.8, 4) is 0 Å². The summed E-state index contributed by atoms with van der Waals surface area (Å²) in [6.07, 6.45) is 7.45. The lowest BCUT2D eigenvalue weighted by molar-refractivity contribution is 0.686. The lowest BCUT2D eigenvalue weighted by Gasteiger charge is -2.05. The first kappa shape index (κ1) is 9.50. The van der Waals surface area contributed by atoms with Gasteiger partial charge in [-0.3, -0.25) is 0 Å². The zero-order chi connectivity index (χ0) is 9.80. The summed E-state index contributed by atoms with van der Waals surface area (Å²) in [4.78, 5) is 4.26. The van der Waals surface area contributed by atoms with Crippen LogP contribution in [0, 0.1) is 12.8 Å². The fraction of sp³-hybridized carbons (Fsp3) is 0.583. The molecule has 1 aliphatic carbocycles. The third-order valence-electron chi connectivity index (χ3n) is 2.71. The minimum atomic E-state index is 1.01. The van der Waals surface area contributed by atoms with Crippen LogP contribution in [-0.4, -0.2) is 11.5 Å². The van der Waals surface area contributed by atoms with E-state index in [2.05, 4.69) is 23.3 Å². The van der Waals surface area contributed by atoms with Crippen LogP contribution >= 0.6 is 0 Å². The summed E-state index contributed by atoms with van der Waals surface area (Å²) >= 11 is 0. The highest BCUT2D eigenvalue weighted by Crippen LogP contribution is 2.33. The van der Waals surface area contributed by atoms with E-state index in [0.717, 1.165) is 18.3 Å². The fourth-order valence-electron chi connectivity index (χ4n) is 1.65. The van der Waals surface area contributed by atoms with Crippen molar-refractivity contribution < 1.29 is 0 Å². The topological polar surface area (TPSA) is 24.9 Å². The Hall–Kier alpha value is -1.05. The maximum Gasteiger partial charge on any atom is 0.126 e. The number of aromatic nitrogens is 1. The Bertz CT molecular complexity index is 292. The summed E-state index contributed by atoms with van der Waals surface area (Å²) in [5.74, 6) is 2.06. The Balaban J connectivity index is 1.68. The average molecular weight is 190 g/mol. The number of pyridine rings is 1. The van der Waals surface area contributed by atoms with Gasteiger partial charge in [-0.25, -0.2) is 4.98 Å². The predicted octanol–water partition coefficient (Wildman–Crippen LogP) is 2.99. The molecule has 1 aliphatic rings. The van der Waals surface area contributed by atoms with Gasteiger partial charge in [0.2, 0.25) is 0 Å². The van der Waals surface area contributed by atoms with E-state index < -0.39 is 0 Å². The molecule has 0 spiro atoms. The zero-order valence-corrected chi connectivity index (χ0v) is 8.79. The van der Waals surface area contributed by atoms with E-state index in [0.29, 0.717) is 0 Å². The predicted molar refractivity (Wildman–Crippen MR) is 59.4 cm³/mol. The molecule has 0 amide bonds. The van der Waals surface area contributed by atoms with Gasteiger partial charge in [-0.15, -0.1) is 0 Å². The second kappa shape index (κ2) is 4.45. The highest BCUT2D eigenvalue weighted by molar-refractivity contribution is 5.36. The molecule has 0 aromatic carbocycles. The van der Waals surface area contributed by atoms with Crippen LogP contribution in [0.15, 0.2) is 18.3 Å². The molecule has 0 atom stereocenters. The molecule has 0 bridgehead atoms. The molecule has 1 N–H and O–H groups in total. The van der Waals surface area contributed by atoms with Crippen LogP contribution in [0.2, 0.25) is 0 Å². The lowest BCUT2D eigenvalue weighted by Crippen LogP contribution is -2.03. The zero-order valence-electron chi connectivity index (χ0n) is 8.79. The van der Waals surface area contributed by atoms with Gasteiger partial charge in [0.05, 0.1) is 0 Å². The maximum absolute atomic E-state index is 4.26. The monoisotopic (exact) mass is 190 g/mol. The molecular weight excluding hydrogens is 172 g/mol. The van der Waals surface area contributed by atoms with Crippen LogP contribution in [0.5, 0.6) is 0 Å². The molecule has 0 aliphatic heterocycles. The SMILES string of the molecule is Cc1ccnc(NCCCC2CC2)c1. The van der Waals surface area contributed by atoms with E-state index in [1.807, 2.05) is 12.3 Å². The number of rotatable bonds is 5. The van der Waals surface area contributed by atoms with Gasteiger partial charge in [0, 0.05) is 12.7 Å². The first-order valence-electron chi connectivity index (χ1n) is 5.51. The second-order valence-electron chi connectivity index (χ2n) is 4.23. The number of hydrogen-bond acceptors (Lipinski definition) is 2. The van der Waals surface area contributed by atoms with Crippen molar-refractivity contribution in [1.29, 1.82) is 0 Å². The summed E-state index contributed by atoms with van der Waals surface area (Å²) in [6.45, 7) is 3.16. The minimum absolute atomic E-state index is 1.01. The fourth-order valence-corrected chi connectivity index (χ4v) is 1.65. The minimum Gasteiger partial charge on any atom is -0.370 e. The van der Waals surface area contributed by atoms with Gasteiger partial charge in [-0.05, 0) is 43.4 Å².